The lowest BCUT2D eigenvalue weighted by Crippen LogP contribution is -1.92. The molecule has 0 heterocycles. The molecule has 0 unspecified atom stereocenters. The van der Waals surface area contributed by atoms with Crippen LogP contribution in [0, 0.1) is 20.8 Å². The van der Waals surface area contributed by atoms with Gasteiger partial charge in [0.05, 0.1) is 35.5 Å². The predicted octanol–water partition coefficient (Wildman–Crippen LogP) is 6.03. The summed E-state index contributed by atoms with van der Waals surface area (Å²) in [4.78, 5) is 0. The van der Waals surface area contributed by atoms with Crippen molar-refractivity contribution in [3.8, 4) is 5.75 Å². The van der Waals surface area contributed by atoms with E-state index >= 15 is 0 Å². The van der Waals surface area contributed by atoms with Crippen LogP contribution in [-0.2, 0) is 10.6 Å². The summed E-state index contributed by atoms with van der Waals surface area (Å²) in [7, 11) is -1.53. The summed E-state index contributed by atoms with van der Waals surface area (Å²) in [6.07, 6.45) is 0. The summed E-state index contributed by atoms with van der Waals surface area (Å²) in [5, 5.41) is 17.5. The molecule has 3 aromatic rings. The zero-order valence-electron chi connectivity index (χ0n) is 18.1. The molecular formula is C22H23N5O4S. The van der Waals surface area contributed by atoms with Crippen LogP contribution in [0.1, 0.15) is 16.7 Å². The number of nitrogen functional groups attached to an aromatic ring is 1. The van der Waals surface area contributed by atoms with Gasteiger partial charge in [0.25, 0.3) is 0 Å². The van der Waals surface area contributed by atoms with Gasteiger partial charge in [0.1, 0.15) is 5.75 Å². The largest absolute Gasteiger partial charge is 0.495 e. The lowest BCUT2D eigenvalue weighted by Gasteiger charge is -2.08. The number of aryl methyl sites for hydroxylation is 3. The van der Waals surface area contributed by atoms with Gasteiger partial charge in [0.2, 0.25) is 0 Å². The Morgan fingerprint density at radius 1 is 0.719 bits per heavy atom. The van der Waals surface area contributed by atoms with Crippen molar-refractivity contribution in [1.82, 2.24) is 0 Å². The maximum Gasteiger partial charge on any atom is 0.425 e. The van der Waals surface area contributed by atoms with Crippen LogP contribution >= 0.6 is 0 Å². The van der Waals surface area contributed by atoms with Crippen LogP contribution in [0.5, 0.6) is 5.75 Å². The summed E-state index contributed by atoms with van der Waals surface area (Å²) in [6, 6.07) is 17.2. The van der Waals surface area contributed by atoms with Gasteiger partial charge in [-0.2, -0.15) is 20.5 Å². The second-order valence-corrected chi connectivity index (χ2v) is 7.15. The van der Waals surface area contributed by atoms with Crippen LogP contribution in [0.15, 0.2) is 75.1 Å². The standard InChI is InChI=1S/C22H23N5O.O3S/c1-14-10-18(23)22(28-4)13-21(14)27-26-20-12-15(2)19(11-16(20)3)25-24-17-8-6-5-7-9-17;1-4(2)3/h5-13H,23H2,1-4H3;. The van der Waals surface area contributed by atoms with Gasteiger partial charge in [0, 0.05) is 6.07 Å². The third kappa shape index (κ3) is 7.10. The first kappa shape index (κ1) is 24.4. The quantitative estimate of drug-likeness (QED) is 0.371. The minimum absolute atomic E-state index is 0.583. The molecule has 0 saturated heterocycles. The SMILES string of the molecule is COc1cc(N=Nc2cc(C)c(N=Nc3ccccc3)cc2C)c(C)cc1N.O=S(=O)=O. The highest BCUT2D eigenvalue weighted by atomic mass is 32.2. The van der Waals surface area contributed by atoms with Crippen molar-refractivity contribution in [2.24, 2.45) is 20.5 Å². The molecule has 0 aromatic heterocycles. The van der Waals surface area contributed by atoms with E-state index in [4.69, 9.17) is 23.1 Å². The number of ether oxygens (including phenoxy) is 1. The van der Waals surface area contributed by atoms with E-state index in [1.54, 1.807) is 13.2 Å². The fourth-order valence-electron chi connectivity index (χ4n) is 2.70. The Kier molecular flexibility index (Phi) is 8.72. The highest BCUT2D eigenvalue weighted by Crippen LogP contribution is 2.34. The van der Waals surface area contributed by atoms with Crippen molar-refractivity contribution in [1.29, 1.82) is 0 Å². The van der Waals surface area contributed by atoms with Gasteiger partial charge in [-0.15, -0.1) is 12.6 Å². The Bertz CT molecular complexity index is 1250. The molecule has 9 nitrogen and oxygen atoms in total. The minimum Gasteiger partial charge on any atom is -0.495 e. The molecule has 0 amide bonds. The number of nitrogens with zero attached hydrogens (tertiary/aromatic N) is 4. The van der Waals surface area contributed by atoms with Gasteiger partial charge in [0.15, 0.2) is 0 Å². The Labute approximate surface area is 187 Å². The number of benzene rings is 3. The number of anilines is 1. The van der Waals surface area contributed by atoms with Crippen LogP contribution in [0.3, 0.4) is 0 Å². The van der Waals surface area contributed by atoms with E-state index in [-0.39, 0.29) is 0 Å². The Hall–Kier alpha value is -3.92. The summed E-state index contributed by atoms with van der Waals surface area (Å²) in [5.41, 5.74) is 12.5. The fraction of sp³-hybridized carbons (Fsp3) is 0.182. The van der Waals surface area contributed by atoms with Crippen LogP contribution in [0.4, 0.5) is 28.4 Å². The molecule has 3 rings (SSSR count). The van der Waals surface area contributed by atoms with Crippen LogP contribution in [0.25, 0.3) is 0 Å². The molecule has 0 radical (unpaired) electrons. The van der Waals surface area contributed by atoms with E-state index in [0.29, 0.717) is 11.4 Å². The average Bonchev–Trinajstić information content (AvgIpc) is 2.74. The average molecular weight is 454 g/mol. The second kappa shape index (κ2) is 11.5. The van der Waals surface area contributed by atoms with E-state index in [0.717, 1.165) is 39.4 Å². The third-order valence-electron chi connectivity index (χ3n) is 4.36. The molecule has 0 aliphatic carbocycles. The normalized spacial score (nSPS) is 10.8. The number of hydrogen-bond acceptors (Lipinski definition) is 9. The first-order valence-electron chi connectivity index (χ1n) is 9.42. The van der Waals surface area contributed by atoms with Crippen LogP contribution in [0.2, 0.25) is 0 Å². The molecule has 0 aliphatic heterocycles. The maximum atomic E-state index is 8.44. The van der Waals surface area contributed by atoms with Crippen molar-refractivity contribution in [2.45, 2.75) is 20.8 Å². The molecule has 0 aliphatic rings. The smallest absolute Gasteiger partial charge is 0.425 e. The predicted molar refractivity (Wildman–Crippen MR) is 123 cm³/mol. The van der Waals surface area contributed by atoms with E-state index in [1.165, 1.54) is 0 Å². The zero-order chi connectivity index (χ0) is 23.7. The minimum atomic E-state index is -3.11. The van der Waals surface area contributed by atoms with E-state index in [2.05, 4.69) is 20.5 Å². The highest BCUT2D eigenvalue weighted by molar-refractivity contribution is 7.59. The molecule has 0 spiro atoms. The van der Waals surface area contributed by atoms with Gasteiger partial charge < -0.3 is 10.5 Å². The lowest BCUT2D eigenvalue weighted by atomic mass is 10.1. The number of hydrogen-bond donors (Lipinski definition) is 1. The van der Waals surface area contributed by atoms with Crippen molar-refractivity contribution < 1.29 is 17.4 Å². The molecule has 32 heavy (non-hydrogen) atoms. The van der Waals surface area contributed by atoms with Gasteiger partial charge in [-0.05, 0) is 67.8 Å². The summed E-state index contributed by atoms with van der Waals surface area (Å²) >= 11 is 0. The zero-order valence-corrected chi connectivity index (χ0v) is 18.9. The molecular weight excluding hydrogens is 430 g/mol. The van der Waals surface area contributed by atoms with Gasteiger partial charge >= 0.3 is 10.6 Å². The Balaban J connectivity index is 0.000000837. The molecule has 10 heteroatoms. The molecule has 166 valence electrons. The second-order valence-electron chi connectivity index (χ2n) is 6.75. The number of nitrogens with two attached hydrogens (primary N) is 1. The third-order valence-corrected chi connectivity index (χ3v) is 4.36. The molecule has 0 bridgehead atoms. The maximum absolute atomic E-state index is 8.44. The van der Waals surface area contributed by atoms with Gasteiger partial charge in [-0.3, -0.25) is 0 Å². The van der Waals surface area contributed by atoms with Crippen molar-refractivity contribution in [3.05, 3.63) is 71.3 Å². The molecule has 0 fully saturated rings. The lowest BCUT2D eigenvalue weighted by molar-refractivity contribution is 0.417. The van der Waals surface area contributed by atoms with Gasteiger partial charge in [-0.25, -0.2) is 0 Å². The number of methoxy groups -OCH3 is 1. The van der Waals surface area contributed by atoms with Gasteiger partial charge in [-0.1, -0.05) is 18.2 Å². The highest BCUT2D eigenvalue weighted by Gasteiger charge is 2.07. The van der Waals surface area contributed by atoms with E-state index < -0.39 is 10.6 Å². The van der Waals surface area contributed by atoms with Crippen molar-refractivity contribution >= 4 is 39.0 Å². The van der Waals surface area contributed by atoms with E-state index in [1.807, 2.05) is 69.3 Å². The van der Waals surface area contributed by atoms with Crippen LogP contribution in [-0.4, -0.2) is 19.7 Å². The first-order valence-corrected chi connectivity index (χ1v) is 10.4. The van der Waals surface area contributed by atoms with Crippen molar-refractivity contribution in [3.63, 3.8) is 0 Å². The monoisotopic (exact) mass is 453 g/mol. The van der Waals surface area contributed by atoms with Crippen molar-refractivity contribution in [2.75, 3.05) is 12.8 Å². The van der Waals surface area contributed by atoms with E-state index in [9.17, 15) is 0 Å². The molecule has 3 aromatic carbocycles. The van der Waals surface area contributed by atoms with Crippen LogP contribution < -0.4 is 10.5 Å². The Morgan fingerprint density at radius 3 is 1.66 bits per heavy atom. The number of azo groups is 2. The molecule has 0 atom stereocenters. The molecule has 2 N–H and O–H groups in total. The summed E-state index contributed by atoms with van der Waals surface area (Å²) < 4.78 is 30.6. The summed E-state index contributed by atoms with van der Waals surface area (Å²) in [6.45, 7) is 5.90. The topological polar surface area (TPSA) is 136 Å². The number of rotatable bonds is 5. The Morgan fingerprint density at radius 2 is 1.16 bits per heavy atom. The summed E-state index contributed by atoms with van der Waals surface area (Å²) in [5.74, 6) is 0.587. The fourth-order valence-corrected chi connectivity index (χ4v) is 2.70. The molecule has 0 saturated carbocycles. The first-order chi connectivity index (χ1) is 15.2.